The Labute approximate surface area is 91.9 Å². The van der Waals surface area contributed by atoms with Crippen LogP contribution in [0.4, 0.5) is 0 Å². The lowest BCUT2D eigenvalue weighted by molar-refractivity contribution is 0.128. The molecular formula is C12H21N3. The van der Waals surface area contributed by atoms with E-state index in [1.807, 2.05) is 0 Å². The number of aliphatic imine (C=N–C) groups is 1. The Morgan fingerprint density at radius 3 is 2.80 bits per heavy atom. The lowest BCUT2D eigenvalue weighted by Crippen LogP contribution is -2.48. The van der Waals surface area contributed by atoms with E-state index in [1.165, 1.54) is 51.2 Å². The Hall–Kier alpha value is -0.730. The predicted molar refractivity (Wildman–Crippen MR) is 61.9 cm³/mol. The Bertz CT molecular complexity index is 262. The lowest BCUT2D eigenvalue weighted by Gasteiger charge is -2.41. The number of nitrogens with one attached hydrogen (secondary N) is 1. The molecule has 0 radical (unpaired) electrons. The lowest BCUT2D eigenvalue weighted by atomic mass is 9.75. The Morgan fingerprint density at radius 1 is 1.13 bits per heavy atom. The molecule has 2 atom stereocenters. The summed E-state index contributed by atoms with van der Waals surface area (Å²) in [5.41, 5.74) is 0. The number of likely N-dealkylation sites (tertiary alicyclic amines) is 1. The standard InChI is InChI=1S/C12H21N3/c1-2-4-11-9-15(8-5-10(11)3-1)12-13-6-7-14-12/h10-11H,1-9H2,(H,13,14). The van der Waals surface area contributed by atoms with Gasteiger partial charge in [-0.05, 0) is 24.7 Å². The number of guanidine groups is 1. The topological polar surface area (TPSA) is 27.6 Å². The second-order valence-corrected chi connectivity index (χ2v) is 5.17. The maximum absolute atomic E-state index is 4.53. The van der Waals surface area contributed by atoms with Crippen LogP contribution in [0, 0.1) is 11.8 Å². The fourth-order valence-electron chi connectivity index (χ4n) is 3.39. The van der Waals surface area contributed by atoms with Crippen LogP contribution in [-0.4, -0.2) is 37.0 Å². The maximum atomic E-state index is 4.53. The van der Waals surface area contributed by atoms with Gasteiger partial charge in [-0.3, -0.25) is 4.99 Å². The molecule has 1 saturated carbocycles. The van der Waals surface area contributed by atoms with Gasteiger partial charge in [-0.15, -0.1) is 0 Å². The highest BCUT2D eigenvalue weighted by molar-refractivity contribution is 5.81. The number of hydrogen-bond donors (Lipinski definition) is 1. The van der Waals surface area contributed by atoms with Crippen molar-refractivity contribution in [2.45, 2.75) is 32.1 Å². The van der Waals surface area contributed by atoms with Crippen LogP contribution in [-0.2, 0) is 0 Å². The van der Waals surface area contributed by atoms with Gasteiger partial charge in [-0.25, -0.2) is 0 Å². The molecule has 0 spiro atoms. The van der Waals surface area contributed by atoms with Crippen molar-refractivity contribution in [2.24, 2.45) is 16.8 Å². The van der Waals surface area contributed by atoms with Crippen molar-refractivity contribution >= 4 is 5.96 Å². The molecule has 0 aromatic heterocycles. The van der Waals surface area contributed by atoms with Crippen LogP contribution < -0.4 is 5.32 Å². The highest BCUT2D eigenvalue weighted by atomic mass is 15.3. The van der Waals surface area contributed by atoms with Gasteiger partial charge in [-0.1, -0.05) is 19.3 Å². The van der Waals surface area contributed by atoms with Crippen LogP contribution in [0.1, 0.15) is 32.1 Å². The first-order chi connectivity index (χ1) is 7.43. The van der Waals surface area contributed by atoms with Crippen molar-refractivity contribution in [3.05, 3.63) is 0 Å². The molecule has 0 bridgehead atoms. The number of piperidine rings is 1. The van der Waals surface area contributed by atoms with E-state index in [9.17, 15) is 0 Å². The smallest absolute Gasteiger partial charge is 0.194 e. The number of nitrogens with zero attached hydrogens (tertiary/aromatic N) is 2. The SMILES string of the molecule is C1CCC2CN(C3=NCCN3)CCC2C1. The van der Waals surface area contributed by atoms with Crippen molar-refractivity contribution in [2.75, 3.05) is 26.2 Å². The minimum Gasteiger partial charge on any atom is -0.354 e. The van der Waals surface area contributed by atoms with Crippen molar-refractivity contribution in [3.63, 3.8) is 0 Å². The van der Waals surface area contributed by atoms with E-state index in [2.05, 4.69) is 15.2 Å². The molecule has 1 aliphatic carbocycles. The average Bonchev–Trinajstić information content (AvgIpc) is 2.82. The van der Waals surface area contributed by atoms with E-state index >= 15 is 0 Å². The first kappa shape index (κ1) is 9.49. The largest absolute Gasteiger partial charge is 0.354 e. The quantitative estimate of drug-likeness (QED) is 0.651. The third kappa shape index (κ3) is 1.84. The molecule has 0 aromatic rings. The zero-order chi connectivity index (χ0) is 10.1. The third-order valence-corrected chi connectivity index (χ3v) is 4.25. The van der Waals surface area contributed by atoms with E-state index < -0.39 is 0 Å². The van der Waals surface area contributed by atoms with Gasteiger partial charge >= 0.3 is 0 Å². The van der Waals surface area contributed by atoms with Gasteiger partial charge in [0.25, 0.3) is 0 Å². The van der Waals surface area contributed by atoms with Gasteiger partial charge < -0.3 is 10.2 Å². The van der Waals surface area contributed by atoms with Crippen LogP contribution in [0.15, 0.2) is 4.99 Å². The summed E-state index contributed by atoms with van der Waals surface area (Å²) in [5, 5.41) is 3.40. The molecule has 1 N–H and O–H groups in total. The number of hydrogen-bond acceptors (Lipinski definition) is 3. The second-order valence-electron chi connectivity index (χ2n) is 5.17. The fourth-order valence-corrected chi connectivity index (χ4v) is 3.39. The Morgan fingerprint density at radius 2 is 2.00 bits per heavy atom. The molecule has 0 amide bonds. The summed E-state index contributed by atoms with van der Waals surface area (Å²) in [5.74, 6) is 3.16. The van der Waals surface area contributed by atoms with E-state index in [0.29, 0.717) is 0 Å². The Kier molecular flexibility index (Phi) is 2.55. The van der Waals surface area contributed by atoms with Gasteiger partial charge in [0.2, 0.25) is 0 Å². The number of rotatable bonds is 0. The normalized spacial score (nSPS) is 35.7. The van der Waals surface area contributed by atoms with Crippen LogP contribution >= 0.6 is 0 Å². The molecule has 84 valence electrons. The van der Waals surface area contributed by atoms with Crippen molar-refractivity contribution in [1.29, 1.82) is 0 Å². The van der Waals surface area contributed by atoms with Gasteiger partial charge in [0.15, 0.2) is 5.96 Å². The van der Waals surface area contributed by atoms with Crippen molar-refractivity contribution in [1.82, 2.24) is 10.2 Å². The van der Waals surface area contributed by atoms with Gasteiger partial charge in [-0.2, -0.15) is 0 Å². The molecule has 3 aliphatic rings. The third-order valence-electron chi connectivity index (χ3n) is 4.25. The average molecular weight is 207 g/mol. The zero-order valence-corrected chi connectivity index (χ0v) is 9.41. The monoisotopic (exact) mass is 207 g/mol. The fraction of sp³-hybridized carbons (Fsp3) is 0.917. The summed E-state index contributed by atoms with van der Waals surface area (Å²) >= 11 is 0. The summed E-state index contributed by atoms with van der Waals surface area (Å²) in [6.45, 7) is 4.50. The van der Waals surface area contributed by atoms with E-state index in [-0.39, 0.29) is 0 Å². The zero-order valence-electron chi connectivity index (χ0n) is 9.41. The summed E-state index contributed by atoms with van der Waals surface area (Å²) in [6, 6.07) is 0. The molecule has 15 heavy (non-hydrogen) atoms. The van der Waals surface area contributed by atoms with Gasteiger partial charge in [0, 0.05) is 19.6 Å². The maximum Gasteiger partial charge on any atom is 0.194 e. The molecule has 3 rings (SSSR count). The van der Waals surface area contributed by atoms with Crippen molar-refractivity contribution in [3.8, 4) is 0 Å². The molecule has 3 heteroatoms. The highest BCUT2D eigenvalue weighted by Crippen LogP contribution is 2.36. The molecule has 3 nitrogen and oxygen atoms in total. The predicted octanol–water partition coefficient (Wildman–Crippen LogP) is 1.46. The van der Waals surface area contributed by atoms with Gasteiger partial charge in [0.1, 0.15) is 0 Å². The van der Waals surface area contributed by atoms with Crippen LogP contribution in [0.2, 0.25) is 0 Å². The second kappa shape index (κ2) is 4.03. The molecule has 1 saturated heterocycles. The van der Waals surface area contributed by atoms with E-state index in [0.717, 1.165) is 24.9 Å². The molecule has 2 fully saturated rings. The van der Waals surface area contributed by atoms with Crippen LogP contribution in [0.25, 0.3) is 0 Å². The summed E-state index contributed by atoms with van der Waals surface area (Å²) in [7, 11) is 0. The van der Waals surface area contributed by atoms with E-state index in [4.69, 9.17) is 0 Å². The number of fused-ring (bicyclic) bond motifs is 1. The minimum absolute atomic E-state index is 0.956. The minimum atomic E-state index is 0.956. The molecule has 2 unspecified atom stereocenters. The molecule has 2 heterocycles. The molecule has 0 aromatic carbocycles. The van der Waals surface area contributed by atoms with Crippen molar-refractivity contribution < 1.29 is 0 Å². The van der Waals surface area contributed by atoms with Crippen LogP contribution in [0.5, 0.6) is 0 Å². The first-order valence-electron chi connectivity index (χ1n) is 6.47. The van der Waals surface area contributed by atoms with Gasteiger partial charge in [0.05, 0.1) is 6.54 Å². The summed E-state index contributed by atoms with van der Waals surface area (Å²) in [4.78, 5) is 7.01. The summed E-state index contributed by atoms with van der Waals surface area (Å²) < 4.78 is 0. The highest BCUT2D eigenvalue weighted by Gasteiger charge is 2.32. The summed E-state index contributed by atoms with van der Waals surface area (Å²) in [6.07, 6.45) is 7.26. The molecule has 2 aliphatic heterocycles. The van der Waals surface area contributed by atoms with E-state index in [1.54, 1.807) is 0 Å². The Balaban J connectivity index is 1.64. The molecular weight excluding hydrogens is 186 g/mol. The first-order valence-corrected chi connectivity index (χ1v) is 6.47. The van der Waals surface area contributed by atoms with Crippen LogP contribution in [0.3, 0.4) is 0 Å².